The number of nitrogens with zero attached hydrogens (tertiary/aromatic N) is 2. The summed E-state index contributed by atoms with van der Waals surface area (Å²) in [6.45, 7) is 0. The summed E-state index contributed by atoms with van der Waals surface area (Å²) in [6.07, 6.45) is 3.61. The van der Waals surface area contributed by atoms with Crippen LogP contribution in [0.3, 0.4) is 0 Å². The van der Waals surface area contributed by atoms with Crippen molar-refractivity contribution in [3.63, 3.8) is 0 Å². The Labute approximate surface area is 68.7 Å². The van der Waals surface area contributed by atoms with E-state index in [1.165, 1.54) is 11.5 Å². The highest BCUT2D eigenvalue weighted by Crippen LogP contribution is 2.16. The van der Waals surface area contributed by atoms with Gasteiger partial charge in [-0.2, -0.15) is 0 Å². The van der Waals surface area contributed by atoms with Crippen molar-refractivity contribution in [3.05, 3.63) is 36.0 Å². The van der Waals surface area contributed by atoms with Gasteiger partial charge in [-0.1, -0.05) is 6.07 Å². The van der Waals surface area contributed by atoms with Crippen LogP contribution >= 0.6 is 11.5 Å². The minimum atomic E-state index is 0.987. The molecule has 0 aliphatic rings. The molecule has 2 nitrogen and oxygen atoms in total. The van der Waals surface area contributed by atoms with Crippen molar-refractivity contribution in [1.82, 2.24) is 9.36 Å². The van der Waals surface area contributed by atoms with Gasteiger partial charge < -0.3 is 0 Å². The zero-order chi connectivity index (χ0) is 7.52. The van der Waals surface area contributed by atoms with Gasteiger partial charge in [-0.15, -0.1) is 0 Å². The SMILES string of the molecule is c1ccc(-c2cnsc2)nc1. The van der Waals surface area contributed by atoms with Crippen LogP contribution in [0.4, 0.5) is 0 Å². The summed E-state index contributed by atoms with van der Waals surface area (Å²) in [5, 5.41) is 1.99. The second kappa shape index (κ2) is 2.80. The van der Waals surface area contributed by atoms with E-state index in [-0.39, 0.29) is 0 Å². The third-order valence-electron chi connectivity index (χ3n) is 1.39. The van der Waals surface area contributed by atoms with Crippen molar-refractivity contribution in [1.29, 1.82) is 0 Å². The molecule has 54 valence electrons. The van der Waals surface area contributed by atoms with Crippen LogP contribution in [0.5, 0.6) is 0 Å². The number of hydrogen-bond acceptors (Lipinski definition) is 3. The van der Waals surface area contributed by atoms with Crippen molar-refractivity contribution in [3.8, 4) is 11.3 Å². The molecule has 2 heterocycles. The van der Waals surface area contributed by atoms with Crippen LogP contribution in [0.25, 0.3) is 11.3 Å². The van der Waals surface area contributed by atoms with Crippen molar-refractivity contribution < 1.29 is 0 Å². The Hall–Kier alpha value is -1.22. The first kappa shape index (κ1) is 6.49. The highest BCUT2D eigenvalue weighted by Gasteiger charge is 1.96. The van der Waals surface area contributed by atoms with Gasteiger partial charge in [-0.3, -0.25) is 4.98 Å². The third kappa shape index (κ3) is 1.28. The first-order chi connectivity index (χ1) is 5.47. The molecule has 2 rings (SSSR count). The maximum absolute atomic E-state index is 4.19. The van der Waals surface area contributed by atoms with Crippen LogP contribution in [0.2, 0.25) is 0 Å². The molecular weight excluding hydrogens is 156 g/mol. The molecule has 0 saturated carbocycles. The van der Waals surface area contributed by atoms with Gasteiger partial charge in [-0.05, 0) is 23.7 Å². The van der Waals surface area contributed by atoms with Crippen LogP contribution in [-0.2, 0) is 0 Å². The van der Waals surface area contributed by atoms with Gasteiger partial charge in [0, 0.05) is 17.1 Å². The highest BCUT2D eigenvalue weighted by molar-refractivity contribution is 7.03. The van der Waals surface area contributed by atoms with Gasteiger partial charge in [0.25, 0.3) is 0 Å². The molecule has 0 aliphatic carbocycles. The van der Waals surface area contributed by atoms with Gasteiger partial charge in [0.1, 0.15) is 0 Å². The first-order valence-corrected chi connectivity index (χ1v) is 4.11. The number of aromatic nitrogens is 2. The lowest BCUT2D eigenvalue weighted by molar-refractivity contribution is 1.33. The lowest BCUT2D eigenvalue weighted by Crippen LogP contribution is -1.76. The van der Waals surface area contributed by atoms with E-state index in [0.717, 1.165) is 11.3 Å². The fourth-order valence-electron chi connectivity index (χ4n) is 0.865. The van der Waals surface area contributed by atoms with Gasteiger partial charge in [0.15, 0.2) is 0 Å². The quantitative estimate of drug-likeness (QED) is 0.642. The maximum Gasteiger partial charge on any atom is 0.0726 e. The summed E-state index contributed by atoms with van der Waals surface area (Å²) >= 11 is 1.44. The summed E-state index contributed by atoms with van der Waals surface area (Å²) in [4.78, 5) is 4.19. The van der Waals surface area contributed by atoms with Crippen LogP contribution in [-0.4, -0.2) is 9.36 Å². The summed E-state index contributed by atoms with van der Waals surface area (Å²) in [5.41, 5.74) is 2.08. The molecule has 2 aromatic heterocycles. The monoisotopic (exact) mass is 162 g/mol. The Morgan fingerprint density at radius 2 is 2.27 bits per heavy atom. The van der Waals surface area contributed by atoms with E-state index in [2.05, 4.69) is 9.36 Å². The van der Waals surface area contributed by atoms with E-state index in [9.17, 15) is 0 Å². The highest BCUT2D eigenvalue weighted by atomic mass is 32.1. The van der Waals surface area contributed by atoms with Crippen molar-refractivity contribution in [2.45, 2.75) is 0 Å². The molecule has 0 bridgehead atoms. The van der Waals surface area contributed by atoms with Gasteiger partial charge in [-0.25, -0.2) is 4.37 Å². The molecule has 0 aliphatic heterocycles. The average molecular weight is 162 g/mol. The Kier molecular flexibility index (Phi) is 1.65. The van der Waals surface area contributed by atoms with Crippen LogP contribution < -0.4 is 0 Å². The van der Waals surface area contributed by atoms with Gasteiger partial charge in [0.2, 0.25) is 0 Å². The predicted octanol–water partition coefficient (Wildman–Crippen LogP) is 2.21. The molecule has 0 saturated heterocycles. The molecule has 0 N–H and O–H groups in total. The Bertz CT molecular complexity index is 315. The van der Waals surface area contributed by atoms with Gasteiger partial charge >= 0.3 is 0 Å². The standard InChI is InChI=1S/C8H6N2S/c1-2-4-9-8(3-1)7-5-10-11-6-7/h1-6H. The summed E-state index contributed by atoms with van der Waals surface area (Å²) in [6, 6.07) is 5.85. The number of pyridine rings is 1. The van der Waals surface area contributed by atoms with Crippen molar-refractivity contribution >= 4 is 11.5 Å². The molecule has 0 radical (unpaired) electrons. The lowest BCUT2D eigenvalue weighted by Gasteiger charge is -1.91. The molecule has 2 aromatic rings. The molecule has 0 fully saturated rings. The zero-order valence-corrected chi connectivity index (χ0v) is 6.58. The van der Waals surface area contributed by atoms with E-state index in [1.54, 1.807) is 6.20 Å². The van der Waals surface area contributed by atoms with E-state index < -0.39 is 0 Å². The number of rotatable bonds is 1. The topological polar surface area (TPSA) is 25.8 Å². The third-order valence-corrected chi connectivity index (χ3v) is 1.98. The maximum atomic E-state index is 4.19. The fourth-order valence-corrected chi connectivity index (χ4v) is 1.40. The Morgan fingerprint density at radius 1 is 1.27 bits per heavy atom. The van der Waals surface area contributed by atoms with Crippen LogP contribution in [0.15, 0.2) is 36.0 Å². The van der Waals surface area contributed by atoms with E-state index in [4.69, 9.17) is 0 Å². The van der Waals surface area contributed by atoms with Gasteiger partial charge in [0.05, 0.1) is 11.9 Å². The predicted molar refractivity (Wildman–Crippen MR) is 45.3 cm³/mol. The molecule has 0 aromatic carbocycles. The Morgan fingerprint density at radius 3 is 2.91 bits per heavy atom. The molecule has 0 spiro atoms. The molecule has 0 atom stereocenters. The molecular formula is C8H6N2S. The largest absolute Gasteiger partial charge is 0.256 e. The van der Waals surface area contributed by atoms with E-state index in [0.29, 0.717) is 0 Å². The Balaban J connectivity index is 2.46. The van der Waals surface area contributed by atoms with Crippen LogP contribution in [0, 0.1) is 0 Å². The molecule has 11 heavy (non-hydrogen) atoms. The molecule has 0 unspecified atom stereocenters. The first-order valence-electron chi connectivity index (χ1n) is 3.27. The minimum Gasteiger partial charge on any atom is -0.256 e. The smallest absolute Gasteiger partial charge is 0.0726 e. The summed E-state index contributed by atoms with van der Waals surface area (Å²) in [5.74, 6) is 0. The molecule has 0 amide bonds. The van der Waals surface area contributed by atoms with Crippen LogP contribution in [0.1, 0.15) is 0 Å². The normalized spacial score (nSPS) is 9.82. The van der Waals surface area contributed by atoms with E-state index in [1.807, 2.05) is 29.8 Å². The lowest BCUT2D eigenvalue weighted by atomic mass is 10.2. The second-order valence-corrected chi connectivity index (χ2v) is 2.79. The van der Waals surface area contributed by atoms with Crippen molar-refractivity contribution in [2.75, 3.05) is 0 Å². The number of hydrogen-bond donors (Lipinski definition) is 0. The zero-order valence-electron chi connectivity index (χ0n) is 5.77. The fraction of sp³-hybridized carbons (Fsp3) is 0. The van der Waals surface area contributed by atoms with E-state index >= 15 is 0 Å². The second-order valence-electron chi connectivity index (χ2n) is 2.13. The minimum absolute atomic E-state index is 0.987. The summed E-state index contributed by atoms with van der Waals surface area (Å²) in [7, 11) is 0. The van der Waals surface area contributed by atoms with Crippen molar-refractivity contribution in [2.24, 2.45) is 0 Å². The average Bonchev–Trinajstić information content (AvgIpc) is 2.58. The summed E-state index contributed by atoms with van der Waals surface area (Å²) < 4.78 is 4.00. The molecule has 3 heteroatoms.